The second-order valence-corrected chi connectivity index (χ2v) is 4.46. The number of hydrogen-bond donors (Lipinski definition) is 2. The molecule has 92 valence electrons. The Kier molecular flexibility index (Phi) is 3.28. The lowest BCUT2D eigenvalue weighted by Crippen LogP contribution is -2.18. The Labute approximate surface area is 101 Å². The number of aryl methyl sites for hydroxylation is 3. The molecule has 0 spiro atoms. The van der Waals surface area contributed by atoms with Crippen molar-refractivity contribution in [3.63, 3.8) is 0 Å². The van der Waals surface area contributed by atoms with Crippen LogP contribution in [0, 0.1) is 13.8 Å². The molecule has 2 heterocycles. The summed E-state index contributed by atoms with van der Waals surface area (Å²) < 4.78 is 1.82. The Morgan fingerprint density at radius 2 is 2.24 bits per heavy atom. The third-order valence-electron chi connectivity index (χ3n) is 3.09. The summed E-state index contributed by atoms with van der Waals surface area (Å²) in [5.41, 5.74) is 4.65. The summed E-state index contributed by atoms with van der Waals surface area (Å²) in [4.78, 5) is 0. The van der Waals surface area contributed by atoms with E-state index < -0.39 is 0 Å². The molecule has 1 unspecified atom stereocenters. The van der Waals surface area contributed by atoms with Gasteiger partial charge in [0, 0.05) is 42.7 Å². The van der Waals surface area contributed by atoms with E-state index in [0.717, 1.165) is 17.9 Å². The maximum atomic E-state index is 4.19. The first kappa shape index (κ1) is 11.9. The largest absolute Gasteiger partial charge is 0.306 e. The van der Waals surface area contributed by atoms with Crippen molar-refractivity contribution in [1.29, 1.82) is 0 Å². The summed E-state index contributed by atoms with van der Waals surface area (Å²) in [5, 5.41) is 14.8. The third-order valence-corrected chi connectivity index (χ3v) is 3.09. The molecule has 2 rings (SSSR count). The second kappa shape index (κ2) is 4.71. The highest BCUT2D eigenvalue weighted by Gasteiger charge is 2.10. The molecule has 0 bridgehead atoms. The highest BCUT2D eigenvalue weighted by molar-refractivity contribution is 5.23. The van der Waals surface area contributed by atoms with Crippen molar-refractivity contribution in [2.75, 3.05) is 0 Å². The predicted molar refractivity (Wildman–Crippen MR) is 66.5 cm³/mol. The lowest BCUT2D eigenvalue weighted by atomic mass is 10.1. The first-order valence-electron chi connectivity index (χ1n) is 5.80. The molecule has 0 radical (unpaired) electrons. The van der Waals surface area contributed by atoms with Gasteiger partial charge in [0.2, 0.25) is 0 Å². The van der Waals surface area contributed by atoms with Gasteiger partial charge in [-0.15, -0.1) is 0 Å². The zero-order valence-corrected chi connectivity index (χ0v) is 10.8. The number of nitrogens with zero attached hydrogens (tertiary/aromatic N) is 3. The van der Waals surface area contributed by atoms with E-state index in [-0.39, 0.29) is 6.04 Å². The molecule has 1 atom stereocenters. The van der Waals surface area contributed by atoms with Crippen molar-refractivity contribution in [3.8, 4) is 0 Å². The Bertz CT molecular complexity index is 477. The lowest BCUT2D eigenvalue weighted by Gasteiger charge is -2.11. The molecule has 2 N–H and O–H groups in total. The van der Waals surface area contributed by atoms with Crippen LogP contribution in [-0.4, -0.2) is 20.0 Å². The average molecular weight is 233 g/mol. The van der Waals surface area contributed by atoms with Crippen LogP contribution >= 0.6 is 0 Å². The van der Waals surface area contributed by atoms with Gasteiger partial charge < -0.3 is 5.32 Å². The van der Waals surface area contributed by atoms with Gasteiger partial charge in [0.25, 0.3) is 0 Å². The van der Waals surface area contributed by atoms with Gasteiger partial charge in [0.05, 0.1) is 11.9 Å². The SMILES string of the molecule is Cc1n[nH]c(C)c1CNC(C)c1cnn(C)c1. The van der Waals surface area contributed by atoms with Crippen LogP contribution in [0.2, 0.25) is 0 Å². The minimum absolute atomic E-state index is 0.289. The van der Waals surface area contributed by atoms with Crippen molar-refractivity contribution >= 4 is 0 Å². The van der Waals surface area contributed by atoms with E-state index in [9.17, 15) is 0 Å². The summed E-state index contributed by atoms with van der Waals surface area (Å²) in [7, 11) is 1.93. The zero-order chi connectivity index (χ0) is 12.4. The first-order valence-corrected chi connectivity index (χ1v) is 5.80. The fourth-order valence-corrected chi connectivity index (χ4v) is 1.87. The van der Waals surface area contributed by atoms with Crippen LogP contribution in [0.4, 0.5) is 0 Å². The van der Waals surface area contributed by atoms with Gasteiger partial charge in [-0.25, -0.2) is 0 Å². The number of aromatic nitrogens is 4. The van der Waals surface area contributed by atoms with Crippen LogP contribution in [0.1, 0.15) is 35.5 Å². The molecule has 0 aliphatic heterocycles. The molecule has 0 aromatic carbocycles. The lowest BCUT2D eigenvalue weighted by molar-refractivity contribution is 0.571. The Hall–Kier alpha value is -1.62. The van der Waals surface area contributed by atoms with Gasteiger partial charge in [0.1, 0.15) is 0 Å². The fourth-order valence-electron chi connectivity index (χ4n) is 1.87. The number of hydrogen-bond acceptors (Lipinski definition) is 3. The van der Waals surface area contributed by atoms with Crippen molar-refractivity contribution in [3.05, 3.63) is 34.9 Å². The summed E-state index contributed by atoms with van der Waals surface area (Å²) in [5.74, 6) is 0. The molecule has 0 aliphatic carbocycles. The Balaban J connectivity index is 1.99. The van der Waals surface area contributed by atoms with Crippen LogP contribution in [0.3, 0.4) is 0 Å². The van der Waals surface area contributed by atoms with Crippen LogP contribution in [-0.2, 0) is 13.6 Å². The van der Waals surface area contributed by atoms with Gasteiger partial charge in [-0.2, -0.15) is 10.2 Å². The number of rotatable bonds is 4. The highest BCUT2D eigenvalue weighted by Crippen LogP contribution is 2.14. The van der Waals surface area contributed by atoms with Crippen LogP contribution in [0.25, 0.3) is 0 Å². The van der Waals surface area contributed by atoms with Gasteiger partial charge in [-0.3, -0.25) is 9.78 Å². The van der Waals surface area contributed by atoms with Crippen molar-refractivity contribution in [2.24, 2.45) is 7.05 Å². The monoisotopic (exact) mass is 233 g/mol. The van der Waals surface area contributed by atoms with Gasteiger partial charge in [-0.1, -0.05) is 0 Å². The van der Waals surface area contributed by atoms with Crippen LogP contribution in [0.15, 0.2) is 12.4 Å². The van der Waals surface area contributed by atoms with E-state index >= 15 is 0 Å². The Morgan fingerprint density at radius 3 is 2.76 bits per heavy atom. The van der Waals surface area contributed by atoms with Gasteiger partial charge in [-0.05, 0) is 20.8 Å². The molecule has 0 saturated heterocycles. The van der Waals surface area contributed by atoms with E-state index in [1.165, 1.54) is 11.1 Å². The van der Waals surface area contributed by atoms with E-state index in [2.05, 4.69) is 27.5 Å². The quantitative estimate of drug-likeness (QED) is 0.843. The van der Waals surface area contributed by atoms with Crippen molar-refractivity contribution in [2.45, 2.75) is 33.4 Å². The molecule has 0 saturated carbocycles. The van der Waals surface area contributed by atoms with Crippen molar-refractivity contribution in [1.82, 2.24) is 25.3 Å². The number of aromatic amines is 1. The standard InChI is InChI=1S/C12H19N5/c1-8(11-5-14-17(4)7-11)13-6-12-9(2)15-16-10(12)3/h5,7-8,13H,6H2,1-4H3,(H,15,16). The third kappa shape index (κ3) is 2.55. The first-order chi connectivity index (χ1) is 8.08. The predicted octanol–water partition coefficient (Wildman–Crippen LogP) is 1.61. The molecule has 0 aliphatic rings. The summed E-state index contributed by atoms with van der Waals surface area (Å²) in [6.45, 7) is 7.03. The Morgan fingerprint density at radius 1 is 1.47 bits per heavy atom. The molecular formula is C12H19N5. The van der Waals surface area contributed by atoms with E-state index in [1.54, 1.807) is 0 Å². The smallest absolute Gasteiger partial charge is 0.0638 e. The van der Waals surface area contributed by atoms with Crippen LogP contribution < -0.4 is 5.32 Å². The summed E-state index contributed by atoms with van der Waals surface area (Å²) >= 11 is 0. The van der Waals surface area contributed by atoms with E-state index in [4.69, 9.17) is 0 Å². The molecule has 5 heteroatoms. The zero-order valence-electron chi connectivity index (χ0n) is 10.8. The van der Waals surface area contributed by atoms with E-state index in [0.29, 0.717) is 0 Å². The number of H-pyrrole nitrogens is 1. The molecule has 17 heavy (non-hydrogen) atoms. The molecule has 0 fully saturated rings. The maximum absolute atomic E-state index is 4.19. The van der Waals surface area contributed by atoms with Crippen LogP contribution in [0.5, 0.6) is 0 Å². The molecule has 2 aromatic rings. The highest BCUT2D eigenvalue weighted by atomic mass is 15.2. The topological polar surface area (TPSA) is 58.5 Å². The minimum Gasteiger partial charge on any atom is -0.306 e. The average Bonchev–Trinajstić information content (AvgIpc) is 2.84. The molecule has 0 amide bonds. The van der Waals surface area contributed by atoms with Crippen molar-refractivity contribution < 1.29 is 0 Å². The van der Waals surface area contributed by atoms with Gasteiger partial charge >= 0.3 is 0 Å². The molecule has 2 aromatic heterocycles. The fraction of sp³-hybridized carbons (Fsp3) is 0.500. The van der Waals surface area contributed by atoms with E-state index in [1.807, 2.05) is 38.0 Å². The second-order valence-electron chi connectivity index (χ2n) is 4.46. The maximum Gasteiger partial charge on any atom is 0.0638 e. The normalized spacial score (nSPS) is 12.9. The molecular weight excluding hydrogens is 214 g/mol. The van der Waals surface area contributed by atoms with Gasteiger partial charge in [0.15, 0.2) is 0 Å². The number of nitrogens with one attached hydrogen (secondary N) is 2. The summed E-state index contributed by atoms with van der Waals surface area (Å²) in [6.07, 6.45) is 3.93. The molecule has 5 nitrogen and oxygen atoms in total. The summed E-state index contributed by atoms with van der Waals surface area (Å²) in [6, 6.07) is 0.289. The minimum atomic E-state index is 0.289.